The summed E-state index contributed by atoms with van der Waals surface area (Å²) in [6, 6.07) is 9.55. The summed E-state index contributed by atoms with van der Waals surface area (Å²) in [5, 5.41) is 23.7. The Morgan fingerprint density at radius 2 is 1.77 bits per heavy atom. The van der Waals surface area contributed by atoms with Crippen LogP contribution in [0.2, 0.25) is 0 Å². The molecule has 0 aliphatic heterocycles. The van der Waals surface area contributed by atoms with Gasteiger partial charge in [-0.15, -0.1) is 10.2 Å². The molecule has 2 amide bonds. The molecule has 8 heteroatoms. The van der Waals surface area contributed by atoms with Crippen molar-refractivity contribution in [1.29, 1.82) is 0 Å². The summed E-state index contributed by atoms with van der Waals surface area (Å²) in [4.78, 5) is 22.9. The van der Waals surface area contributed by atoms with Gasteiger partial charge in [-0.05, 0) is 39.7 Å². The van der Waals surface area contributed by atoms with Crippen molar-refractivity contribution >= 4 is 28.5 Å². The number of aromatic nitrogens is 2. The van der Waals surface area contributed by atoms with Crippen LogP contribution in [0.5, 0.6) is 0 Å². The number of benzene rings is 1. The molecule has 0 bridgehead atoms. The van der Waals surface area contributed by atoms with Crippen molar-refractivity contribution in [2.45, 2.75) is 51.5 Å². The number of rotatable bonds is 7. The summed E-state index contributed by atoms with van der Waals surface area (Å²) in [7, 11) is 0. The molecule has 26 heavy (non-hydrogen) atoms. The second-order valence-electron chi connectivity index (χ2n) is 7.26. The molecule has 0 fully saturated rings. The standard InChI is InChI=1S/C18H24N4O3S/c1-17(2,11-10-13(23)24)20-15(25)19-16-22-21-14(26-16)18(3,4)12-8-6-5-7-9-12/h5-9H,10-11H2,1-4H3,(H,23,24)(H2,19,20,22,25). The molecule has 0 saturated heterocycles. The molecule has 0 aliphatic carbocycles. The van der Waals surface area contributed by atoms with Crippen molar-refractivity contribution in [1.82, 2.24) is 15.5 Å². The van der Waals surface area contributed by atoms with Crippen molar-refractivity contribution in [3.8, 4) is 0 Å². The van der Waals surface area contributed by atoms with Crippen LogP contribution in [0.25, 0.3) is 0 Å². The molecule has 0 atom stereocenters. The van der Waals surface area contributed by atoms with Crippen molar-refractivity contribution < 1.29 is 14.7 Å². The number of carboxylic acid groups (broad SMARTS) is 1. The highest BCUT2D eigenvalue weighted by Crippen LogP contribution is 2.34. The van der Waals surface area contributed by atoms with Gasteiger partial charge in [0.1, 0.15) is 5.01 Å². The van der Waals surface area contributed by atoms with Crippen LogP contribution >= 0.6 is 11.3 Å². The fraction of sp³-hybridized carbons (Fsp3) is 0.444. The van der Waals surface area contributed by atoms with Crippen LogP contribution in [0.15, 0.2) is 30.3 Å². The number of carbonyl (C=O) groups is 2. The van der Waals surface area contributed by atoms with Gasteiger partial charge in [-0.2, -0.15) is 0 Å². The molecule has 0 spiro atoms. The Bertz CT molecular complexity index is 772. The lowest BCUT2D eigenvalue weighted by Gasteiger charge is -2.25. The number of anilines is 1. The molecular weight excluding hydrogens is 352 g/mol. The minimum Gasteiger partial charge on any atom is -0.481 e. The van der Waals surface area contributed by atoms with E-state index in [0.717, 1.165) is 10.6 Å². The summed E-state index contributed by atoms with van der Waals surface area (Å²) in [6.07, 6.45) is 0.319. The highest BCUT2D eigenvalue weighted by atomic mass is 32.1. The lowest BCUT2D eigenvalue weighted by atomic mass is 9.85. The number of amides is 2. The number of carbonyl (C=O) groups excluding carboxylic acids is 1. The number of nitrogens with zero attached hydrogens (tertiary/aromatic N) is 2. The number of carboxylic acids is 1. The second-order valence-corrected chi connectivity index (χ2v) is 8.24. The number of aliphatic carboxylic acids is 1. The van der Waals surface area contributed by atoms with E-state index >= 15 is 0 Å². The van der Waals surface area contributed by atoms with Gasteiger partial charge in [0.25, 0.3) is 0 Å². The largest absolute Gasteiger partial charge is 0.481 e. The molecule has 7 nitrogen and oxygen atoms in total. The van der Waals surface area contributed by atoms with E-state index in [1.807, 2.05) is 30.3 Å². The summed E-state index contributed by atoms with van der Waals surface area (Å²) < 4.78 is 0. The summed E-state index contributed by atoms with van der Waals surface area (Å²) in [6.45, 7) is 7.67. The van der Waals surface area contributed by atoms with Crippen molar-refractivity contribution in [3.63, 3.8) is 0 Å². The number of hydrogen-bond donors (Lipinski definition) is 3. The summed E-state index contributed by atoms with van der Waals surface area (Å²) >= 11 is 1.32. The zero-order valence-corrected chi connectivity index (χ0v) is 16.2. The third-order valence-electron chi connectivity index (χ3n) is 4.09. The molecule has 1 aromatic carbocycles. The molecule has 2 aromatic rings. The van der Waals surface area contributed by atoms with Gasteiger partial charge in [0, 0.05) is 17.4 Å². The van der Waals surface area contributed by atoms with E-state index in [4.69, 9.17) is 5.11 Å². The number of urea groups is 1. The predicted octanol–water partition coefficient (Wildman–Crippen LogP) is 3.63. The average Bonchev–Trinajstić information content (AvgIpc) is 3.02. The van der Waals surface area contributed by atoms with Crippen molar-refractivity contribution in [3.05, 3.63) is 40.9 Å². The lowest BCUT2D eigenvalue weighted by molar-refractivity contribution is -0.137. The van der Waals surface area contributed by atoms with E-state index in [1.54, 1.807) is 13.8 Å². The van der Waals surface area contributed by atoms with E-state index in [0.29, 0.717) is 11.6 Å². The van der Waals surface area contributed by atoms with Crippen LogP contribution in [0.4, 0.5) is 9.93 Å². The van der Waals surface area contributed by atoms with E-state index in [-0.39, 0.29) is 11.8 Å². The minimum absolute atomic E-state index is 0.0124. The van der Waals surface area contributed by atoms with Crippen LogP contribution in [-0.2, 0) is 10.2 Å². The second kappa shape index (κ2) is 7.82. The van der Waals surface area contributed by atoms with Gasteiger partial charge in [-0.1, -0.05) is 41.7 Å². The van der Waals surface area contributed by atoms with E-state index in [1.165, 1.54) is 11.3 Å². The zero-order chi connectivity index (χ0) is 19.4. The Kier molecular flexibility index (Phi) is 5.97. The normalized spacial score (nSPS) is 11.8. The van der Waals surface area contributed by atoms with Gasteiger partial charge >= 0.3 is 12.0 Å². The summed E-state index contributed by atoms with van der Waals surface area (Å²) in [5.74, 6) is -0.891. The molecule has 0 aliphatic rings. The first-order valence-corrected chi connectivity index (χ1v) is 9.12. The first-order valence-electron chi connectivity index (χ1n) is 8.31. The molecule has 1 heterocycles. The first kappa shape index (κ1) is 19.8. The maximum Gasteiger partial charge on any atom is 0.321 e. The highest BCUT2D eigenvalue weighted by Gasteiger charge is 2.28. The van der Waals surface area contributed by atoms with Gasteiger partial charge in [0.15, 0.2) is 0 Å². The fourth-order valence-electron chi connectivity index (χ4n) is 2.42. The van der Waals surface area contributed by atoms with Gasteiger partial charge in [-0.3, -0.25) is 10.1 Å². The Labute approximate surface area is 156 Å². The predicted molar refractivity (Wildman–Crippen MR) is 102 cm³/mol. The lowest BCUT2D eigenvalue weighted by Crippen LogP contribution is -2.45. The first-order chi connectivity index (χ1) is 12.1. The van der Waals surface area contributed by atoms with Crippen LogP contribution in [0.1, 0.15) is 51.1 Å². The number of nitrogens with one attached hydrogen (secondary N) is 2. The van der Waals surface area contributed by atoms with E-state index in [2.05, 4.69) is 34.7 Å². The van der Waals surface area contributed by atoms with Crippen molar-refractivity contribution in [2.24, 2.45) is 0 Å². The van der Waals surface area contributed by atoms with Crippen LogP contribution < -0.4 is 10.6 Å². The molecule has 1 aromatic heterocycles. The van der Waals surface area contributed by atoms with Crippen LogP contribution in [-0.4, -0.2) is 32.8 Å². The summed E-state index contributed by atoms with van der Waals surface area (Å²) in [5.41, 5.74) is 0.150. The van der Waals surface area contributed by atoms with Gasteiger partial charge in [0.2, 0.25) is 5.13 Å². The zero-order valence-electron chi connectivity index (χ0n) is 15.4. The maximum absolute atomic E-state index is 12.2. The quantitative estimate of drug-likeness (QED) is 0.684. The van der Waals surface area contributed by atoms with E-state index in [9.17, 15) is 9.59 Å². The Morgan fingerprint density at radius 1 is 1.12 bits per heavy atom. The average molecular weight is 376 g/mol. The Morgan fingerprint density at radius 3 is 2.38 bits per heavy atom. The number of hydrogen-bond acceptors (Lipinski definition) is 5. The van der Waals surface area contributed by atoms with Gasteiger partial charge < -0.3 is 10.4 Å². The molecule has 3 N–H and O–H groups in total. The molecular formula is C18H24N4O3S. The topological polar surface area (TPSA) is 104 Å². The molecule has 0 saturated carbocycles. The van der Waals surface area contributed by atoms with Crippen molar-refractivity contribution in [2.75, 3.05) is 5.32 Å². The smallest absolute Gasteiger partial charge is 0.321 e. The SMILES string of the molecule is CC(C)(CCC(=O)O)NC(=O)Nc1nnc(C(C)(C)c2ccccc2)s1. The maximum atomic E-state index is 12.2. The highest BCUT2D eigenvalue weighted by molar-refractivity contribution is 7.15. The van der Waals surface area contributed by atoms with E-state index < -0.39 is 17.5 Å². The Hall–Kier alpha value is -2.48. The Balaban J connectivity index is 2.02. The molecule has 0 unspecified atom stereocenters. The minimum atomic E-state index is -0.891. The third-order valence-corrected chi connectivity index (χ3v) is 5.25. The van der Waals surface area contributed by atoms with Gasteiger partial charge in [-0.25, -0.2) is 4.79 Å². The molecule has 2 rings (SSSR count). The van der Waals surface area contributed by atoms with Crippen LogP contribution in [0.3, 0.4) is 0 Å². The van der Waals surface area contributed by atoms with Gasteiger partial charge in [0.05, 0.1) is 0 Å². The molecule has 140 valence electrons. The fourth-order valence-corrected chi connectivity index (χ4v) is 3.29. The molecule has 0 radical (unpaired) electrons. The van der Waals surface area contributed by atoms with Crippen LogP contribution in [0, 0.1) is 0 Å². The third kappa shape index (κ3) is 5.26. The monoisotopic (exact) mass is 376 g/mol.